The third-order valence-corrected chi connectivity index (χ3v) is 4.62. The number of methoxy groups -OCH3 is 1. The molecule has 0 bridgehead atoms. The summed E-state index contributed by atoms with van der Waals surface area (Å²) < 4.78 is 15.0. The molecule has 3 rings (SSSR count). The Morgan fingerprint density at radius 3 is 2.17 bits per heavy atom. The van der Waals surface area contributed by atoms with E-state index in [4.69, 9.17) is 9.47 Å². The Hall–Kier alpha value is -3.23. The molecule has 1 fully saturated rings. The van der Waals surface area contributed by atoms with Crippen LogP contribution in [0.3, 0.4) is 0 Å². The third-order valence-electron chi connectivity index (χ3n) is 4.62. The van der Waals surface area contributed by atoms with Crippen molar-refractivity contribution in [2.75, 3.05) is 45.3 Å². The first-order valence-corrected chi connectivity index (χ1v) is 9.59. The van der Waals surface area contributed by atoms with Crippen molar-refractivity contribution in [2.45, 2.75) is 6.54 Å². The highest BCUT2D eigenvalue weighted by molar-refractivity contribution is 5.96. The Bertz CT molecular complexity index is 874. The fourth-order valence-corrected chi connectivity index (χ4v) is 2.98. The monoisotopic (exact) mass is 412 g/mol. The van der Waals surface area contributed by atoms with Gasteiger partial charge < -0.3 is 19.5 Å². The number of hydrogen-bond donors (Lipinski definition) is 1. The topological polar surface area (TPSA) is 94.2 Å². The number of carbonyl (C=O) groups is 3. The summed E-state index contributed by atoms with van der Waals surface area (Å²) in [5.41, 5.74) is 2.34. The molecule has 1 aliphatic rings. The summed E-state index contributed by atoms with van der Waals surface area (Å²) in [5.74, 6) is -1.50. The van der Waals surface area contributed by atoms with Gasteiger partial charge in [0.15, 0.2) is 6.61 Å². The lowest BCUT2D eigenvalue weighted by molar-refractivity contribution is -0.119. The molecule has 8 nitrogen and oxygen atoms in total. The molecule has 1 N–H and O–H groups in total. The Kier molecular flexibility index (Phi) is 7.53. The first kappa shape index (κ1) is 21.5. The predicted octanol–water partition coefficient (Wildman–Crippen LogP) is 2.10. The molecule has 2 aromatic carbocycles. The third kappa shape index (κ3) is 6.13. The molecular formula is C22H24N2O6. The number of benzene rings is 2. The molecule has 1 heterocycles. The molecule has 0 radical (unpaired) electrons. The van der Waals surface area contributed by atoms with Gasteiger partial charge in [0.2, 0.25) is 0 Å². The summed E-state index contributed by atoms with van der Waals surface area (Å²) in [4.78, 5) is 37.9. The van der Waals surface area contributed by atoms with Gasteiger partial charge in [-0.15, -0.1) is 0 Å². The SMILES string of the molecule is COC(=O)c1ccc(NC(=O)COC(=O)c2ccc(CN3CCOCC3)cc2)cc1. The zero-order valence-corrected chi connectivity index (χ0v) is 16.8. The maximum atomic E-state index is 12.2. The first-order valence-electron chi connectivity index (χ1n) is 9.59. The van der Waals surface area contributed by atoms with Crippen molar-refractivity contribution in [1.82, 2.24) is 4.90 Å². The first-order chi connectivity index (χ1) is 14.5. The number of amides is 1. The van der Waals surface area contributed by atoms with Crippen LogP contribution in [0.25, 0.3) is 0 Å². The van der Waals surface area contributed by atoms with Crippen LogP contribution in [0, 0.1) is 0 Å². The standard InChI is InChI=1S/C22H24N2O6/c1-28-21(26)17-6-8-19(9-7-17)23-20(25)15-30-22(27)18-4-2-16(3-5-18)14-24-10-12-29-13-11-24/h2-9H,10-15H2,1H3,(H,23,25). The quantitative estimate of drug-likeness (QED) is 0.696. The van der Waals surface area contributed by atoms with Gasteiger partial charge in [0, 0.05) is 25.3 Å². The minimum Gasteiger partial charge on any atom is -0.465 e. The lowest BCUT2D eigenvalue weighted by Gasteiger charge is -2.26. The molecule has 158 valence electrons. The molecule has 0 atom stereocenters. The minimum absolute atomic E-state index is 0.374. The van der Waals surface area contributed by atoms with Crippen molar-refractivity contribution in [3.63, 3.8) is 0 Å². The highest BCUT2D eigenvalue weighted by Crippen LogP contribution is 2.12. The van der Waals surface area contributed by atoms with Crippen LogP contribution in [0.5, 0.6) is 0 Å². The van der Waals surface area contributed by atoms with Crippen LogP contribution in [0.15, 0.2) is 48.5 Å². The number of nitrogens with zero attached hydrogens (tertiary/aromatic N) is 1. The van der Waals surface area contributed by atoms with Gasteiger partial charge in [0.25, 0.3) is 5.91 Å². The second-order valence-electron chi connectivity index (χ2n) is 6.78. The van der Waals surface area contributed by atoms with Crippen molar-refractivity contribution in [2.24, 2.45) is 0 Å². The van der Waals surface area contributed by atoms with E-state index in [1.807, 2.05) is 12.1 Å². The van der Waals surface area contributed by atoms with Crippen molar-refractivity contribution in [3.05, 3.63) is 65.2 Å². The zero-order chi connectivity index (χ0) is 21.3. The molecule has 2 aromatic rings. The number of esters is 2. The summed E-state index contributed by atoms with van der Waals surface area (Å²) in [6, 6.07) is 13.4. The van der Waals surface area contributed by atoms with Crippen LogP contribution in [0.1, 0.15) is 26.3 Å². The van der Waals surface area contributed by atoms with E-state index in [1.54, 1.807) is 24.3 Å². The molecular weight excluding hydrogens is 388 g/mol. The van der Waals surface area contributed by atoms with Crippen molar-refractivity contribution in [3.8, 4) is 0 Å². The number of ether oxygens (including phenoxy) is 3. The summed E-state index contributed by atoms with van der Waals surface area (Å²) in [6.07, 6.45) is 0. The second-order valence-corrected chi connectivity index (χ2v) is 6.78. The smallest absolute Gasteiger partial charge is 0.338 e. The molecule has 0 aromatic heterocycles. The fourth-order valence-electron chi connectivity index (χ4n) is 2.98. The Morgan fingerprint density at radius 1 is 0.933 bits per heavy atom. The van der Waals surface area contributed by atoms with Gasteiger partial charge >= 0.3 is 11.9 Å². The normalized spacial score (nSPS) is 14.0. The lowest BCUT2D eigenvalue weighted by atomic mass is 10.1. The summed E-state index contributed by atoms with van der Waals surface area (Å²) in [5, 5.41) is 2.60. The predicted molar refractivity (Wildman–Crippen MR) is 109 cm³/mol. The van der Waals surface area contributed by atoms with E-state index in [1.165, 1.54) is 19.2 Å². The zero-order valence-electron chi connectivity index (χ0n) is 16.8. The summed E-state index contributed by atoms with van der Waals surface area (Å²) in [7, 11) is 1.30. The lowest BCUT2D eigenvalue weighted by Crippen LogP contribution is -2.35. The second kappa shape index (κ2) is 10.5. The molecule has 0 unspecified atom stereocenters. The van der Waals surface area contributed by atoms with E-state index in [9.17, 15) is 14.4 Å². The minimum atomic E-state index is -0.566. The van der Waals surface area contributed by atoms with Gasteiger partial charge in [0.05, 0.1) is 31.5 Å². The van der Waals surface area contributed by atoms with E-state index in [0.29, 0.717) is 16.8 Å². The molecule has 1 aliphatic heterocycles. The molecule has 1 amide bonds. The Labute approximate surface area is 174 Å². The van der Waals surface area contributed by atoms with Gasteiger partial charge in [-0.2, -0.15) is 0 Å². The molecule has 0 saturated carbocycles. The van der Waals surface area contributed by atoms with Crippen LogP contribution < -0.4 is 5.32 Å². The maximum absolute atomic E-state index is 12.2. The number of anilines is 1. The van der Waals surface area contributed by atoms with Crippen LogP contribution in [0.4, 0.5) is 5.69 Å². The average molecular weight is 412 g/mol. The number of carbonyl (C=O) groups excluding carboxylic acids is 3. The van der Waals surface area contributed by atoms with E-state index in [2.05, 4.69) is 15.0 Å². The van der Waals surface area contributed by atoms with Gasteiger partial charge in [0.1, 0.15) is 0 Å². The Morgan fingerprint density at radius 2 is 1.53 bits per heavy atom. The van der Waals surface area contributed by atoms with Gasteiger partial charge in [-0.1, -0.05) is 12.1 Å². The highest BCUT2D eigenvalue weighted by atomic mass is 16.5. The number of rotatable bonds is 7. The van der Waals surface area contributed by atoms with Gasteiger partial charge in [-0.25, -0.2) is 9.59 Å². The molecule has 1 saturated heterocycles. The number of hydrogen-bond acceptors (Lipinski definition) is 7. The van der Waals surface area contributed by atoms with Crippen LogP contribution in [0.2, 0.25) is 0 Å². The highest BCUT2D eigenvalue weighted by Gasteiger charge is 2.13. The summed E-state index contributed by atoms with van der Waals surface area (Å²) in [6.45, 7) is 3.65. The molecule has 0 spiro atoms. The average Bonchev–Trinajstić information content (AvgIpc) is 2.78. The maximum Gasteiger partial charge on any atom is 0.338 e. The largest absolute Gasteiger partial charge is 0.465 e. The van der Waals surface area contributed by atoms with E-state index in [0.717, 1.165) is 38.4 Å². The van der Waals surface area contributed by atoms with E-state index >= 15 is 0 Å². The number of morpholine rings is 1. The fraction of sp³-hybridized carbons (Fsp3) is 0.318. The summed E-state index contributed by atoms with van der Waals surface area (Å²) >= 11 is 0. The van der Waals surface area contributed by atoms with E-state index < -0.39 is 24.5 Å². The molecule has 30 heavy (non-hydrogen) atoms. The van der Waals surface area contributed by atoms with Gasteiger partial charge in [-0.3, -0.25) is 9.69 Å². The Balaban J connectivity index is 1.45. The van der Waals surface area contributed by atoms with Crippen LogP contribution >= 0.6 is 0 Å². The van der Waals surface area contributed by atoms with Gasteiger partial charge in [-0.05, 0) is 42.0 Å². The van der Waals surface area contributed by atoms with E-state index in [-0.39, 0.29) is 0 Å². The molecule has 0 aliphatic carbocycles. The van der Waals surface area contributed by atoms with Crippen LogP contribution in [-0.4, -0.2) is 62.8 Å². The van der Waals surface area contributed by atoms with Crippen molar-refractivity contribution < 1.29 is 28.6 Å². The van der Waals surface area contributed by atoms with Crippen molar-refractivity contribution >= 4 is 23.5 Å². The molecule has 8 heteroatoms. The van der Waals surface area contributed by atoms with Crippen LogP contribution in [-0.2, 0) is 25.5 Å². The number of nitrogens with one attached hydrogen (secondary N) is 1. The van der Waals surface area contributed by atoms with Crippen molar-refractivity contribution in [1.29, 1.82) is 0 Å².